The van der Waals surface area contributed by atoms with Gasteiger partial charge in [-0.05, 0) is 38.5 Å². The zero-order valence-corrected chi connectivity index (χ0v) is 18.2. The lowest BCUT2D eigenvalue weighted by Gasteiger charge is -2.30. The molecule has 1 N–H and O–H groups in total. The molecule has 1 aliphatic rings. The number of aryl methyl sites for hydroxylation is 1. The van der Waals surface area contributed by atoms with Crippen LogP contribution in [0.2, 0.25) is 0 Å². The fraction of sp³-hybridized carbons (Fsp3) is 0.550. The molecule has 2 aromatic rings. The Bertz CT molecular complexity index is 936. The molecule has 1 saturated heterocycles. The molecular formula is C20H29N3O5S. The molecule has 8 nitrogen and oxygen atoms in total. The average Bonchev–Trinajstić information content (AvgIpc) is 3.06. The zero-order valence-electron chi connectivity index (χ0n) is 17.4. The van der Waals surface area contributed by atoms with Gasteiger partial charge in [0.2, 0.25) is 10.0 Å². The van der Waals surface area contributed by atoms with Crippen LogP contribution < -0.4 is 9.46 Å². The Hall–Kier alpha value is -1.94. The highest BCUT2D eigenvalue weighted by Gasteiger charge is 2.26. The van der Waals surface area contributed by atoms with Crippen LogP contribution in [-0.4, -0.2) is 64.5 Å². The van der Waals surface area contributed by atoms with Crippen molar-refractivity contribution in [2.75, 3.05) is 40.0 Å². The van der Waals surface area contributed by atoms with E-state index in [4.69, 9.17) is 14.0 Å². The van der Waals surface area contributed by atoms with E-state index in [1.807, 2.05) is 20.8 Å². The number of nitrogens with zero attached hydrogens (tertiary/aromatic N) is 2. The smallest absolute Gasteiger partial charge is 0.244 e. The van der Waals surface area contributed by atoms with E-state index < -0.39 is 10.0 Å². The number of morpholine rings is 1. The van der Waals surface area contributed by atoms with Gasteiger partial charge in [-0.2, -0.15) is 0 Å². The van der Waals surface area contributed by atoms with Gasteiger partial charge in [0.25, 0.3) is 0 Å². The first-order valence-electron chi connectivity index (χ1n) is 9.79. The van der Waals surface area contributed by atoms with Gasteiger partial charge in [-0.1, -0.05) is 12.1 Å². The number of methoxy groups -OCH3 is 1. The van der Waals surface area contributed by atoms with Crippen LogP contribution >= 0.6 is 0 Å². The quantitative estimate of drug-likeness (QED) is 0.696. The molecule has 0 saturated carbocycles. The van der Waals surface area contributed by atoms with Gasteiger partial charge >= 0.3 is 0 Å². The Morgan fingerprint density at radius 2 is 2.00 bits per heavy atom. The summed E-state index contributed by atoms with van der Waals surface area (Å²) >= 11 is 0. The first kappa shape index (κ1) is 21.8. The van der Waals surface area contributed by atoms with Crippen molar-refractivity contribution in [1.82, 2.24) is 14.8 Å². The van der Waals surface area contributed by atoms with Gasteiger partial charge < -0.3 is 14.0 Å². The van der Waals surface area contributed by atoms with Crippen molar-refractivity contribution in [2.45, 2.75) is 38.1 Å². The maximum atomic E-state index is 13.2. The minimum absolute atomic E-state index is 0.0892. The second kappa shape index (κ2) is 9.25. The van der Waals surface area contributed by atoms with E-state index in [0.29, 0.717) is 37.5 Å². The maximum Gasteiger partial charge on any atom is 0.244 e. The molecule has 0 amide bonds. The Kier molecular flexibility index (Phi) is 6.94. The van der Waals surface area contributed by atoms with Crippen molar-refractivity contribution in [3.05, 3.63) is 29.5 Å². The van der Waals surface area contributed by atoms with E-state index >= 15 is 0 Å². The molecule has 0 aliphatic carbocycles. The summed E-state index contributed by atoms with van der Waals surface area (Å²) in [5.41, 5.74) is 2.30. The van der Waals surface area contributed by atoms with Crippen LogP contribution in [-0.2, 0) is 14.8 Å². The molecule has 1 atom stereocenters. The number of hydrogen-bond donors (Lipinski definition) is 1. The fourth-order valence-corrected chi connectivity index (χ4v) is 4.85. The molecule has 9 heteroatoms. The second-order valence-electron chi connectivity index (χ2n) is 7.23. The third kappa shape index (κ3) is 4.98. The summed E-state index contributed by atoms with van der Waals surface area (Å²) in [6, 6.07) is 4.79. The SMILES string of the molecule is CCC(CN1CCOCC1)NS(=O)(=O)c1cc(-c2onc(C)c2C)ccc1OC. The number of ether oxygens (including phenoxy) is 2. The predicted octanol–water partition coefficient (Wildman–Crippen LogP) is 2.36. The number of nitrogens with one attached hydrogen (secondary N) is 1. The normalized spacial score (nSPS) is 16.7. The highest BCUT2D eigenvalue weighted by Crippen LogP contribution is 2.32. The van der Waals surface area contributed by atoms with Crippen LogP contribution in [0, 0.1) is 13.8 Å². The molecule has 0 spiro atoms. The Morgan fingerprint density at radius 3 is 2.59 bits per heavy atom. The molecule has 0 radical (unpaired) electrons. The lowest BCUT2D eigenvalue weighted by atomic mass is 10.1. The van der Waals surface area contributed by atoms with Crippen LogP contribution in [0.25, 0.3) is 11.3 Å². The standard InChI is InChI=1S/C20H29N3O5S/c1-5-17(13-23-8-10-27-11-9-23)22-29(24,25)19-12-16(6-7-18(19)26-4)20-14(2)15(3)21-28-20/h6-7,12,17,22H,5,8-11,13H2,1-4H3. The highest BCUT2D eigenvalue weighted by atomic mass is 32.2. The minimum Gasteiger partial charge on any atom is -0.495 e. The lowest BCUT2D eigenvalue weighted by molar-refractivity contribution is 0.0344. The number of rotatable bonds is 8. The van der Waals surface area contributed by atoms with Crippen molar-refractivity contribution in [3.8, 4) is 17.1 Å². The molecule has 1 aromatic heterocycles. The minimum atomic E-state index is -3.80. The Balaban J connectivity index is 1.87. The van der Waals surface area contributed by atoms with Crippen molar-refractivity contribution in [2.24, 2.45) is 0 Å². The maximum absolute atomic E-state index is 13.2. The summed E-state index contributed by atoms with van der Waals surface area (Å²) in [5, 5.41) is 3.97. The van der Waals surface area contributed by atoms with Crippen LogP contribution in [0.5, 0.6) is 5.75 Å². The van der Waals surface area contributed by atoms with E-state index in [1.165, 1.54) is 7.11 Å². The van der Waals surface area contributed by atoms with Gasteiger partial charge in [-0.3, -0.25) is 4.90 Å². The van der Waals surface area contributed by atoms with E-state index in [2.05, 4.69) is 14.8 Å². The summed E-state index contributed by atoms with van der Waals surface area (Å²) in [7, 11) is -2.34. The third-order valence-corrected chi connectivity index (χ3v) is 6.81. The summed E-state index contributed by atoms with van der Waals surface area (Å²) < 4.78 is 45.4. The predicted molar refractivity (Wildman–Crippen MR) is 110 cm³/mol. The summed E-state index contributed by atoms with van der Waals surface area (Å²) in [4.78, 5) is 2.31. The fourth-order valence-electron chi connectivity index (χ4n) is 3.34. The molecular weight excluding hydrogens is 394 g/mol. The molecule has 29 heavy (non-hydrogen) atoms. The third-order valence-electron chi connectivity index (χ3n) is 5.27. The molecule has 160 valence electrons. The van der Waals surface area contributed by atoms with E-state index in [-0.39, 0.29) is 16.7 Å². The number of sulfonamides is 1. The molecule has 3 rings (SSSR count). The average molecular weight is 424 g/mol. The molecule has 1 fully saturated rings. The van der Waals surface area contributed by atoms with E-state index in [1.54, 1.807) is 18.2 Å². The van der Waals surface area contributed by atoms with Crippen molar-refractivity contribution >= 4 is 10.0 Å². The monoisotopic (exact) mass is 423 g/mol. The van der Waals surface area contributed by atoms with Crippen molar-refractivity contribution < 1.29 is 22.4 Å². The number of benzene rings is 1. The molecule has 1 aliphatic heterocycles. The summed E-state index contributed by atoms with van der Waals surface area (Å²) in [6.07, 6.45) is 0.680. The highest BCUT2D eigenvalue weighted by molar-refractivity contribution is 7.89. The van der Waals surface area contributed by atoms with Gasteiger partial charge in [0, 0.05) is 36.8 Å². The van der Waals surface area contributed by atoms with E-state index in [9.17, 15) is 8.42 Å². The first-order valence-corrected chi connectivity index (χ1v) is 11.3. The second-order valence-corrected chi connectivity index (χ2v) is 8.91. The summed E-state index contributed by atoms with van der Waals surface area (Å²) in [5.74, 6) is 0.846. The van der Waals surface area contributed by atoms with Gasteiger partial charge in [0.1, 0.15) is 10.6 Å². The van der Waals surface area contributed by atoms with Crippen LogP contribution in [0.4, 0.5) is 0 Å². The van der Waals surface area contributed by atoms with Gasteiger partial charge in [0.05, 0.1) is 26.0 Å². The first-order chi connectivity index (χ1) is 13.9. The number of hydrogen-bond acceptors (Lipinski definition) is 7. The molecule has 0 bridgehead atoms. The van der Waals surface area contributed by atoms with Gasteiger partial charge in [0.15, 0.2) is 5.76 Å². The molecule has 1 unspecified atom stereocenters. The van der Waals surface area contributed by atoms with Crippen LogP contribution in [0.15, 0.2) is 27.6 Å². The van der Waals surface area contributed by atoms with Gasteiger partial charge in [-0.15, -0.1) is 0 Å². The number of aromatic nitrogens is 1. The zero-order chi connectivity index (χ0) is 21.0. The largest absolute Gasteiger partial charge is 0.495 e. The molecule has 1 aromatic carbocycles. The van der Waals surface area contributed by atoms with Crippen LogP contribution in [0.3, 0.4) is 0 Å². The van der Waals surface area contributed by atoms with Crippen molar-refractivity contribution in [1.29, 1.82) is 0 Å². The lowest BCUT2D eigenvalue weighted by Crippen LogP contribution is -2.47. The molecule has 2 heterocycles. The Morgan fingerprint density at radius 1 is 1.28 bits per heavy atom. The van der Waals surface area contributed by atoms with E-state index in [0.717, 1.165) is 24.3 Å². The summed E-state index contributed by atoms with van der Waals surface area (Å²) in [6.45, 7) is 9.32. The van der Waals surface area contributed by atoms with Crippen molar-refractivity contribution in [3.63, 3.8) is 0 Å². The Labute approximate surface area is 172 Å². The van der Waals surface area contributed by atoms with Gasteiger partial charge in [-0.25, -0.2) is 13.1 Å². The topological polar surface area (TPSA) is 93.9 Å². The van der Waals surface area contributed by atoms with Crippen LogP contribution in [0.1, 0.15) is 24.6 Å².